The normalized spacial score (nSPS) is 14.5. The van der Waals surface area contributed by atoms with Crippen LogP contribution in [0, 0.1) is 34.0 Å². The summed E-state index contributed by atoms with van der Waals surface area (Å²) in [5.74, 6) is -0.856. The van der Waals surface area contributed by atoms with Gasteiger partial charge in [-0.1, -0.05) is 158 Å². The quantitative estimate of drug-likeness (QED) is 0.177. The summed E-state index contributed by atoms with van der Waals surface area (Å²) in [4.78, 5) is 0. The Morgan fingerprint density at radius 3 is 1.27 bits per heavy atom. The minimum Gasteiger partial charge on any atom is -0.307 e. The highest BCUT2D eigenvalue weighted by Gasteiger charge is 2.46. The second-order valence-electron chi connectivity index (χ2n) is 16.8. The number of nitrogens with zero attached hydrogens (tertiary/aromatic N) is 5. The summed E-state index contributed by atoms with van der Waals surface area (Å²) in [5, 5.41) is 38.6. The number of benzene rings is 9. The molecular formula is C59H33N5. The first kappa shape index (κ1) is 35.8. The molecule has 0 N–H and O–H groups in total. The van der Waals surface area contributed by atoms with Gasteiger partial charge < -0.3 is 9.13 Å². The van der Waals surface area contributed by atoms with Gasteiger partial charge in [0, 0.05) is 44.5 Å². The van der Waals surface area contributed by atoms with Gasteiger partial charge in [-0.3, -0.25) is 0 Å². The molecule has 64 heavy (non-hydrogen) atoms. The number of aromatic nitrogens is 2. The highest BCUT2D eigenvalue weighted by Crippen LogP contribution is 2.59. The molecule has 3 aliphatic rings. The molecule has 0 aliphatic heterocycles. The first-order chi connectivity index (χ1) is 31.7. The van der Waals surface area contributed by atoms with Gasteiger partial charge in [-0.15, -0.1) is 0 Å². The molecule has 5 nitrogen and oxygen atoms in total. The average molecular weight is 812 g/mol. The van der Waals surface area contributed by atoms with E-state index in [1.165, 1.54) is 0 Å². The molecule has 0 radical (unpaired) electrons. The van der Waals surface area contributed by atoms with Gasteiger partial charge in [0.25, 0.3) is 0 Å². The Morgan fingerprint density at radius 1 is 0.344 bits per heavy atom. The lowest BCUT2D eigenvalue weighted by Crippen LogP contribution is -2.31. The smallest absolute Gasteiger partial charge is 0.102 e. The molecule has 0 saturated carbocycles. The van der Waals surface area contributed by atoms with Crippen LogP contribution in [0.25, 0.3) is 77.2 Å². The fraction of sp³-hybridized carbons (Fsp3) is 0.0339. The van der Waals surface area contributed by atoms with Crippen molar-refractivity contribution >= 4 is 43.6 Å². The molecule has 0 spiro atoms. The van der Waals surface area contributed by atoms with Crippen molar-refractivity contribution in [2.24, 2.45) is 0 Å². The molecule has 0 unspecified atom stereocenters. The fourth-order valence-electron chi connectivity index (χ4n) is 11.4. The predicted molar refractivity (Wildman–Crippen MR) is 255 cm³/mol. The Kier molecular flexibility index (Phi) is 7.56. The Morgan fingerprint density at radius 2 is 0.781 bits per heavy atom. The Hall–Kier alpha value is -8.95. The number of para-hydroxylation sites is 4. The zero-order chi connectivity index (χ0) is 42.6. The molecule has 2 heterocycles. The molecule has 5 heteroatoms. The van der Waals surface area contributed by atoms with E-state index in [4.69, 9.17) is 0 Å². The number of hydrogen-bond donors (Lipinski definition) is 0. The Balaban J connectivity index is 1.14. The van der Waals surface area contributed by atoms with Crippen LogP contribution in [0.5, 0.6) is 0 Å². The number of nitriles is 3. The van der Waals surface area contributed by atoms with Crippen molar-refractivity contribution in [3.63, 3.8) is 0 Å². The maximum absolute atomic E-state index is 11.7. The standard InChI is InChI=1S/C59H33N5/c60-32-37-18-11-25-44-53(37)57-55-45(28-30-51(47(55)33-61)63-49-26-9-7-19-40(49)42-23-12-21-38(58(42)63)35-14-3-1-4-15-35)54(44)46-29-31-52(48(34-62)56(46)57)64-50-27-10-8-20-41(50)43-24-13-22-39(59(43)64)36-16-5-2-6-17-36/h1-31,54,57H. The second-order valence-corrected chi connectivity index (χ2v) is 16.8. The van der Waals surface area contributed by atoms with Crippen LogP contribution in [0.15, 0.2) is 188 Å². The Labute approximate surface area is 368 Å². The van der Waals surface area contributed by atoms with Crippen molar-refractivity contribution in [2.75, 3.05) is 0 Å². The van der Waals surface area contributed by atoms with E-state index >= 15 is 0 Å². The van der Waals surface area contributed by atoms with Crippen LogP contribution < -0.4 is 0 Å². The van der Waals surface area contributed by atoms with E-state index < -0.39 is 5.92 Å². The highest BCUT2D eigenvalue weighted by molar-refractivity contribution is 6.15. The van der Waals surface area contributed by atoms with E-state index in [1.807, 2.05) is 24.3 Å². The van der Waals surface area contributed by atoms with Crippen LogP contribution in [-0.2, 0) is 0 Å². The molecule has 9 aromatic carbocycles. The zero-order valence-electron chi connectivity index (χ0n) is 34.3. The largest absolute Gasteiger partial charge is 0.307 e. The average Bonchev–Trinajstić information content (AvgIpc) is 3.89. The molecule has 14 rings (SSSR count). The van der Waals surface area contributed by atoms with Gasteiger partial charge >= 0.3 is 0 Å². The number of rotatable bonds is 4. The van der Waals surface area contributed by atoms with Crippen LogP contribution in [0.1, 0.15) is 61.9 Å². The summed E-state index contributed by atoms with van der Waals surface area (Å²) in [5.41, 5.74) is 17.2. The summed E-state index contributed by atoms with van der Waals surface area (Å²) in [6, 6.07) is 73.1. The van der Waals surface area contributed by atoms with Gasteiger partial charge in [0.05, 0.1) is 56.2 Å². The first-order valence-corrected chi connectivity index (χ1v) is 21.5. The summed E-state index contributed by atoms with van der Waals surface area (Å²) < 4.78 is 4.52. The number of hydrogen-bond acceptors (Lipinski definition) is 3. The lowest BCUT2D eigenvalue weighted by molar-refractivity contribution is 0.744. The third-order valence-corrected chi connectivity index (χ3v) is 13.8. The molecule has 11 aromatic rings. The van der Waals surface area contributed by atoms with Gasteiger partial charge in [0.15, 0.2) is 0 Å². The topological polar surface area (TPSA) is 81.2 Å². The molecular weight excluding hydrogens is 779 g/mol. The van der Waals surface area contributed by atoms with Crippen molar-refractivity contribution < 1.29 is 0 Å². The van der Waals surface area contributed by atoms with Gasteiger partial charge in [-0.25, -0.2) is 0 Å². The molecule has 294 valence electrons. The van der Waals surface area contributed by atoms with Crippen LogP contribution in [0.3, 0.4) is 0 Å². The maximum atomic E-state index is 11.7. The van der Waals surface area contributed by atoms with E-state index in [0.717, 1.165) is 111 Å². The minimum atomic E-state index is -0.562. The molecule has 0 saturated heterocycles. The first-order valence-electron chi connectivity index (χ1n) is 21.5. The lowest BCUT2D eigenvalue weighted by atomic mass is 9.58. The van der Waals surface area contributed by atoms with E-state index in [0.29, 0.717) is 16.7 Å². The SMILES string of the molecule is N#Cc1cccc2c1C1c3c(ccc(-n4c5ccccc5c5cccc(-c6ccccc6)c54)c3C#N)C2c2ccc(-n3c4ccccc4c4cccc(-c5ccccc5)c43)c(C#N)c21. The van der Waals surface area contributed by atoms with E-state index in [2.05, 4.69) is 191 Å². The van der Waals surface area contributed by atoms with Crippen molar-refractivity contribution in [3.05, 3.63) is 238 Å². The van der Waals surface area contributed by atoms with Gasteiger partial charge in [0.2, 0.25) is 0 Å². The zero-order valence-corrected chi connectivity index (χ0v) is 34.3. The molecule has 2 aromatic heterocycles. The Bertz CT molecular complexity index is 3720. The third-order valence-electron chi connectivity index (χ3n) is 13.8. The van der Waals surface area contributed by atoms with Crippen LogP contribution in [0.4, 0.5) is 0 Å². The number of fused-ring (bicyclic) bond motifs is 6. The van der Waals surface area contributed by atoms with Crippen LogP contribution >= 0.6 is 0 Å². The van der Waals surface area contributed by atoms with Crippen LogP contribution in [0.2, 0.25) is 0 Å². The summed E-state index contributed by atoms with van der Waals surface area (Å²) in [6.45, 7) is 0. The summed E-state index contributed by atoms with van der Waals surface area (Å²) >= 11 is 0. The highest BCUT2D eigenvalue weighted by atomic mass is 15.0. The van der Waals surface area contributed by atoms with Crippen LogP contribution in [-0.4, -0.2) is 9.13 Å². The second kappa shape index (κ2) is 13.5. The van der Waals surface area contributed by atoms with Crippen molar-refractivity contribution in [1.29, 1.82) is 15.8 Å². The third kappa shape index (κ3) is 4.69. The molecule has 2 bridgehead atoms. The van der Waals surface area contributed by atoms with Crippen molar-refractivity contribution in [2.45, 2.75) is 11.8 Å². The predicted octanol–water partition coefficient (Wildman–Crippen LogP) is 13.8. The molecule has 3 aliphatic carbocycles. The minimum absolute atomic E-state index is 0.295. The van der Waals surface area contributed by atoms with Gasteiger partial charge in [-0.05, 0) is 74.8 Å². The monoisotopic (exact) mass is 811 g/mol. The lowest BCUT2D eigenvalue weighted by Gasteiger charge is -2.44. The maximum Gasteiger partial charge on any atom is 0.102 e. The molecule has 0 amide bonds. The van der Waals surface area contributed by atoms with E-state index in [1.54, 1.807) is 0 Å². The van der Waals surface area contributed by atoms with Crippen molar-refractivity contribution in [1.82, 2.24) is 9.13 Å². The van der Waals surface area contributed by atoms with E-state index in [-0.39, 0.29) is 5.92 Å². The fourth-order valence-corrected chi connectivity index (χ4v) is 11.4. The summed E-state index contributed by atoms with van der Waals surface area (Å²) in [7, 11) is 0. The van der Waals surface area contributed by atoms with Crippen molar-refractivity contribution in [3.8, 4) is 51.8 Å². The summed E-state index contributed by atoms with van der Waals surface area (Å²) in [6.07, 6.45) is 0. The van der Waals surface area contributed by atoms with Gasteiger partial charge in [-0.2, -0.15) is 15.8 Å². The molecule has 0 fully saturated rings. The van der Waals surface area contributed by atoms with Gasteiger partial charge in [0.1, 0.15) is 12.1 Å². The molecule has 0 atom stereocenters. The van der Waals surface area contributed by atoms with E-state index in [9.17, 15) is 15.8 Å².